The second kappa shape index (κ2) is 5.29. The second-order valence-electron chi connectivity index (χ2n) is 3.76. The predicted molar refractivity (Wildman–Crippen MR) is 71.1 cm³/mol. The van der Waals surface area contributed by atoms with Crippen LogP contribution in [-0.4, -0.2) is 16.1 Å². The van der Waals surface area contributed by atoms with Crippen LogP contribution in [0.25, 0.3) is 11.3 Å². The molecule has 0 saturated heterocycles. The van der Waals surface area contributed by atoms with E-state index in [1.165, 1.54) is 0 Å². The van der Waals surface area contributed by atoms with Crippen LogP contribution in [0.3, 0.4) is 0 Å². The molecule has 0 amide bonds. The largest absolute Gasteiger partial charge is 0.392 e. The summed E-state index contributed by atoms with van der Waals surface area (Å²) in [5.74, 6) is 0.00977. The molecule has 18 heavy (non-hydrogen) atoms. The van der Waals surface area contributed by atoms with Gasteiger partial charge in [-0.2, -0.15) is 0 Å². The zero-order chi connectivity index (χ0) is 13.0. The summed E-state index contributed by atoms with van der Waals surface area (Å²) in [5.41, 5.74) is 13.7. The molecular weight excluding hydrogens is 228 g/mol. The Morgan fingerprint density at radius 1 is 1.22 bits per heavy atom. The highest BCUT2D eigenvalue weighted by Gasteiger charge is 2.05. The van der Waals surface area contributed by atoms with Gasteiger partial charge in [0.25, 0.3) is 0 Å². The van der Waals surface area contributed by atoms with Gasteiger partial charge in [-0.1, -0.05) is 18.2 Å². The Labute approximate surface area is 105 Å². The van der Waals surface area contributed by atoms with Crippen molar-refractivity contribution in [2.45, 2.75) is 6.61 Å². The first-order valence-corrected chi connectivity index (χ1v) is 5.45. The van der Waals surface area contributed by atoms with Crippen molar-refractivity contribution in [3.8, 4) is 11.3 Å². The molecule has 1 aromatic carbocycles. The maximum Gasteiger partial charge on any atom is 0.191 e. The van der Waals surface area contributed by atoms with E-state index in [-0.39, 0.29) is 12.6 Å². The van der Waals surface area contributed by atoms with E-state index in [0.29, 0.717) is 5.69 Å². The van der Waals surface area contributed by atoms with Gasteiger partial charge in [0.15, 0.2) is 5.96 Å². The van der Waals surface area contributed by atoms with Gasteiger partial charge in [-0.25, -0.2) is 4.99 Å². The van der Waals surface area contributed by atoms with Gasteiger partial charge in [-0.15, -0.1) is 0 Å². The molecule has 5 nitrogen and oxygen atoms in total. The fourth-order valence-corrected chi connectivity index (χ4v) is 1.70. The van der Waals surface area contributed by atoms with Crippen molar-refractivity contribution >= 4 is 11.6 Å². The molecule has 1 heterocycles. The summed E-state index contributed by atoms with van der Waals surface area (Å²) < 4.78 is 0. The number of aliphatic hydroxyl groups is 1. The molecule has 92 valence electrons. The van der Waals surface area contributed by atoms with E-state index in [4.69, 9.17) is 11.5 Å². The normalized spacial score (nSPS) is 10.1. The summed E-state index contributed by atoms with van der Waals surface area (Å²) in [5, 5.41) is 9.29. The second-order valence-corrected chi connectivity index (χ2v) is 3.76. The number of hydrogen-bond acceptors (Lipinski definition) is 3. The number of guanidine groups is 1. The zero-order valence-electron chi connectivity index (χ0n) is 9.74. The van der Waals surface area contributed by atoms with Crippen molar-refractivity contribution in [1.82, 2.24) is 4.98 Å². The van der Waals surface area contributed by atoms with Crippen LogP contribution in [0.1, 0.15) is 5.56 Å². The first-order valence-electron chi connectivity index (χ1n) is 5.45. The molecular formula is C13H14N4O. The van der Waals surface area contributed by atoms with Gasteiger partial charge in [0.05, 0.1) is 18.0 Å². The van der Waals surface area contributed by atoms with Gasteiger partial charge in [0, 0.05) is 17.3 Å². The Balaban J connectivity index is 2.48. The van der Waals surface area contributed by atoms with Crippen molar-refractivity contribution in [1.29, 1.82) is 0 Å². The molecule has 0 fully saturated rings. The predicted octanol–water partition coefficient (Wildman–Crippen LogP) is 1.15. The number of benzene rings is 1. The van der Waals surface area contributed by atoms with Crippen LogP contribution in [0.2, 0.25) is 0 Å². The van der Waals surface area contributed by atoms with Crippen molar-refractivity contribution in [2.24, 2.45) is 16.5 Å². The Morgan fingerprint density at radius 3 is 2.78 bits per heavy atom. The Hall–Kier alpha value is -2.40. The maximum atomic E-state index is 9.29. The number of nitrogens with zero attached hydrogens (tertiary/aromatic N) is 2. The summed E-state index contributed by atoms with van der Waals surface area (Å²) in [4.78, 5) is 8.25. The topological polar surface area (TPSA) is 97.5 Å². The van der Waals surface area contributed by atoms with Crippen molar-refractivity contribution in [3.63, 3.8) is 0 Å². The quantitative estimate of drug-likeness (QED) is 0.555. The summed E-state index contributed by atoms with van der Waals surface area (Å²) in [7, 11) is 0. The van der Waals surface area contributed by atoms with Crippen molar-refractivity contribution in [3.05, 3.63) is 48.2 Å². The van der Waals surface area contributed by atoms with E-state index in [0.717, 1.165) is 16.8 Å². The molecule has 2 rings (SSSR count). The molecule has 5 N–H and O–H groups in total. The van der Waals surface area contributed by atoms with Gasteiger partial charge < -0.3 is 16.6 Å². The molecule has 1 aromatic heterocycles. The lowest BCUT2D eigenvalue weighted by molar-refractivity contribution is 0.282. The Morgan fingerprint density at radius 2 is 2.06 bits per heavy atom. The molecule has 0 aliphatic rings. The fraction of sp³-hybridized carbons (Fsp3) is 0.0769. The SMILES string of the molecule is NC(N)=Nc1cccc(-c2ncccc2CO)c1. The van der Waals surface area contributed by atoms with Gasteiger partial charge >= 0.3 is 0 Å². The number of hydrogen-bond donors (Lipinski definition) is 3. The molecule has 0 aliphatic carbocycles. The van der Waals surface area contributed by atoms with Crippen LogP contribution >= 0.6 is 0 Å². The number of rotatable bonds is 3. The smallest absolute Gasteiger partial charge is 0.191 e. The van der Waals surface area contributed by atoms with E-state index >= 15 is 0 Å². The van der Waals surface area contributed by atoms with Crippen LogP contribution in [0.15, 0.2) is 47.6 Å². The van der Waals surface area contributed by atoms with Gasteiger partial charge in [0.1, 0.15) is 0 Å². The fourth-order valence-electron chi connectivity index (χ4n) is 1.70. The molecule has 0 saturated carbocycles. The number of pyridine rings is 1. The molecule has 2 aromatic rings. The third-order valence-electron chi connectivity index (χ3n) is 2.44. The lowest BCUT2D eigenvalue weighted by atomic mass is 10.1. The molecule has 0 bridgehead atoms. The molecule has 0 unspecified atom stereocenters. The van der Waals surface area contributed by atoms with Crippen LogP contribution in [0.4, 0.5) is 5.69 Å². The van der Waals surface area contributed by atoms with Crippen molar-refractivity contribution in [2.75, 3.05) is 0 Å². The number of aliphatic imine (C=N–C) groups is 1. The van der Waals surface area contributed by atoms with E-state index in [9.17, 15) is 5.11 Å². The molecule has 0 spiro atoms. The minimum Gasteiger partial charge on any atom is -0.392 e. The highest BCUT2D eigenvalue weighted by molar-refractivity contribution is 5.80. The Bertz CT molecular complexity index is 577. The number of aliphatic hydroxyl groups excluding tert-OH is 1. The number of aromatic nitrogens is 1. The summed E-state index contributed by atoms with van der Waals surface area (Å²) >= 11 is 0. The highest BCUT2D eigenvalue weighted by Crippen LogP contribution is 2.25. The monoisotopic (exact) mass is 242 g/mol. The van der Waals surface area contributed by atoms with Gasteiger partial charge in [-0.05, 0) is 18.2 Å². The van der Waals surface area contributed by atoms with Crippen LogP contribution in [-0.2, 0) is 6.61 Å². The van der Waals surface area contributed by atoms with Crippen LogP contribution in [0.5, 0.6) is 0 Å². The van der Waals surface area contributed by atoms with E-state index in [2.05, 4.69) is 9.98 Å². The van der Waals surface area contributed by atoms with E-state index in [1.54, 1.807) is 18.3 Å². The first-order chi connectivity index (χ1) is 8.70. The lowest BCUT2D eigenvalue weighted by Gasteiger charge is -2.06. The highest BCUT2D eigenvalue weighted by atomic mass is 16.3. The molecule has 5 heteroatoms. The Kier molecular flexibility index (Phi) is 3.54. The van der Waals surface area contributed by atoms with Crippen LogP contribution < -0.4 is 11.5 Å². The maximum absolute atomic E-state index is 9.29. The summed E-state index contributed by atoms with van der Waals surface area (Å²) in [6.45, 7) is -0.0598. The average Bonchev–Trinajstić information content (AvgIpc) is 2.38. The van der Waals surface area contributed by atoms with Crippen molar-refractivity contribution < 1.29 is 5.11 Å². The number of nitrogens with two attached hydrogens (primary N) is 2. The molecule has 0 atom stereocenters. The average molecular weight is 242 g/mol. The lowest BCUT2D eigenvalue weighted by Crippen LogP contribution is -2.21. The van der Waals surface area contributed by atoms with Crippen LogP contribution in [0, 0.1) is 0 Å². The van der Waals surface area contributed by atoms with Gasteiger partial charge in [0.2, 0.25) is 0 Å². The minimum absolute atomic E-state index is 0.00977. The minimum atomic E-state index is -0.0598. The molecule has 0 aliphatic heterocycles. The zero-order valence-corrected chi connectivity index (χ0v) is 9.74. The summed E-state index contributed by atoms with van der Waals surface area (Å²) in [6.07, 6.45) is 1.68. The standard InChI is InChI=1S/C13H14N4O/c14-13(15)17-11-5-1-3-9(7-11)12-10(8-18)4-2-6-16-12/h1-7,18H,8H2,(H4,14,15,17). The first kappa shape index (κ1) is 12.1. The van der Waals surface area contributed by atoms with Gasteiger partial charge in [-0.3, -0.25) is 4.98 Å². The van der Waals surface area contributed by atoms with E-state index < -0.39 is 0 Å². The van der Waals surface area contributed by atoms with E-state index in [1.807, 2.05) is 24.3 Å². The summed E-state index contributed by atoms with van der Waals surface area (Å²) in [6, 6.07) is 11.0. The molecule has 0 radical (unpaired) electrons. The third kappa shape index (κ3) is 2.64. The third-order valence-corrected chi connectivity index (χ3v) is 2.44.